The molecule has 0 bridgehead atoms. The Balaban J connectivity index is 2.42. The van der Waals surface area contributed by atoms with Gasteiger partial charge in [0, 0.05) is 5.39 Å². The topological polar surface area (TPSA) is 45.8 Å². The van der Waals surface area contributed by atoms with E-state index in [-0.39, 0.29) is 5.56 Å². The number of aromatic nitrogens is 2. The Morgan fingerprint density at radius 3 is 2.81 bits per heavy atom. The molecule has 0 saturated heterocycles. The predicted molar refractivity (Wildman–Crippen MR) is 59.1 cm³/mol. The van der Waals surface area contributed by atoms with Crippen molar-refractivity contribution in [3.8, 4) is 0 Å². The Morgan fingerprint density at radius 2 is 2.12 bits per heavy atom. The Kier molecular flexibility index (Phi) is 1.73. The fourth-order valence-electron chi connectivity index (χ4n) is 1.97. The van der Waals surface area contributed by atoms with Crippen molar-refractivity contribution < 1.29 is 4.39 Å². The van der Waals surface area contributed by atoms with Gasteiger partial charge in [0.25, 0.3) is 5.56 Å². The maximum Gasteiger partial charge on any atom is 0.272 e. The summed E-state index contributed by atoms with van der Waals surface area (Å²) < 4.78 is 14.0. The first-order valence-corrected chi connectivity index (χ1v) is 5.29. The molecule has 1 aromatic carbocycles. The van der Waals surface area contributed by atoms with Crippen LogP contribution < -0.4 is 5.56 Å². The summed E-state index contributed by atoms with van der Waals surface area (Å²) in [4.78, 5) is 11.5. The van der Waals surface area contributed by atoms with Crippen LogP contribution in [0.15, 0.2) is 23.0 Å². The molecule has 16 heavy (non-hydrogen) atoms. The van der Waals surface area contributed by atoms with E-state index in [1.807, 2.05) is 19.1 Å². The molecular weight excluding hydrogens is 207 g/mol. The number of hydrogen-bond donors (Lipinski definition) is 1. The second kappa shape index (κ2) is 2.90. The van der Waals surface area contributed by atoms with Crippen LogP contribution in [0.3, 0.4) is 0 Å². The fraction of sp³-hybridized carbons (Fsp3) is 0.333. The molecule has 0 unspecified atom stereocenters. The number of rotatable bonds is 1. The highest BCUT2D eigenvalue weighted by Crippen LogP contribution is 2.50. The van der Waals surface area contributed by atoms with Crippen LogP contribution >= 0.6 is 0 Å². The minimum atomic E-state index is -1.32. The molecule has 0 amide bonds. The average Bonchev–Trinajstić information content (AvgIpc) is 2.97. The van der Waals surface area contributed by atoms with Gasteiger partial charge in [-0.1, -0.05) is 11.6 Å². The zero-order chi connectivity index (χ0) is 11.3. The number of aromatic amines is 1. The van der Waals surface area contributed by atoms with Crippen molar-refractivity contribution in [3.63, 3.8) is 0 Å². The molecule has 0 atom stereocenters. The Hall–Kier alpha value is -1.71. The van der Waals surface area contributed by atoms with Gasteiger partial charge in [-0.15, -0.1) is 0 Å². The largest absolute Gasteiger partial charge is 0.272 e. The minimum Gasteiger partial charge on any atom is -0.267 e. The lowest BCUT2D eigenvalue weighted by Gasteiger charge is -2.08. The highest BCUT2D eigenvalue weighted by molar-refractivity contribution is 5.85. The van der Waals surface area contributed by atoms with Crippen LogP contribution in [-0.2, 0) is 5.67 Å². The second-order valence-corrected chi connectivity index (χ2v) is 4.42. The maximum atomic E-state index is 14.0. The molecule has 1 fully saturated rings. The lowest BCUT2D eigenvalue weighted by Crippen LogP contribution is -2.14. The number of H-pyrrole nitrogens is 1. The molecule has 1 saturated carbocycles. The van der Waals surface area contributed by atoms with Crippen molar-refractivity contribution in [1.82, 2.24) is 10.2 Å². The van der Waals surface area contributed by atoms with Crippen LogP contribution in [0.2, 0.25) is 0 Å². The molecule has 0 aliphatic heterocycles. The molecule has 0 radical (unpaired) electrons. The summed E-state index contributed by atoms with van der Waals surface area (Å²) in [6.45, 7) is 1.92. The summed E-state index contributed by atoms with van der Waals surface area (Å²) in [5, 5.41) is 7.39. The molecule has 3 nitrogen and oxygen atoms in total. The Morgan fingerprint density at radius 1 is 1.38 bits per heavy atom. The normalized spacial score (nSPS) is 17.6. The van der Waals surface area contributed by atoms with Crippen LogP contribution in [0.1, 0.15) is 24.1 Å². The molecule has 1 aliphatic carbocycles. The smallest absolute Gasteiger partial charge is 0.267 e. The third-order valence-electron chi connectivity index (χ3n) is 3.06. The lowest BCUT2D eigenvalue weighted by atomic mass is 10.0. The van der Waals surface area contributed by atoms with Gasteiger partial charge < -0.3 is 0 Å². The van der Waals surface area contributed by atoms with Gasteiger partial charge in [-0.05, 0) is 31.9 Å². The first-order valence-electron chi connectivity index (χ1n) is 5.29. The molecule has 82 valence electrons. The van der Waals surface area contributed by atoms with Crippen LogP contribution in [-0.4, -0.2) is 10.2 Å². The van der Waals surface area contributed by atoms with Gasteiger partial charge in [-0.3, -0.25) is 4.79 Å². The Bertz CT molecular complexity index is 628. The van der Waals surface area contributed by atoms with Crippen molar-refractivity contribution in [1.29, 1.82) is 0 Å². The second-order valence-electron chi connectivity index (χ2n) is 4.42. The molecule has 1 aromatic heterocycles. The monoisotopic (exact) mass is 218 g/mol. The van der Waals surface area contributed by atoms with E-state index in [0.29, 0.717) is 29.3 Å². The summed E-state index contributed by atoms with van der Waals surface area (Å²) >= 11 is 0. The number of aryl methyl sites for hydroxylation is 1. The van der Waals surface area contributed by atoms with Gasteiger partial charge in [-0.25, -0.2) is 9.49 Å². The van der Waals surface area contributed by atoms with Crippen LogP contribution in [0, 0.1) is 6.92 Å². The van der Waals surface area contributed by atoms with Crippen LogP contribution in [0.4, 0.5) is 4.39 Å². The highest BCUT2D eigenvalue weighted by atomic mass is 19.1. The lowest BCUT2D eigenvalue weighted by molar-refractivity contribution is 0.309. The first kappa shape index (κ1) is 9.51. The molecule has 1 heterocycles. The SMILES string of the molecule is Cc1ccc2c(=O)[nH]nc(C3(F)CC3)c2c1. The van der Waals surface area contributed by atoms with Gasteiger partial charge >= 0.3 is 0 Å². The Labute approximate surface area is 91.3 Å². The minimum absolute atomic E-state index is 0.261. The van der Waals surface area contributed by atoms with E-state index in [2.05, 4.69) is 10.2 Å². The number of nitrogens with zero attached hydrogens (tertiary/aromatic N) is 1. The van der Waals surface area contributed by atoms with E-state index in [1.165, 1.54) is 0 Å². The van der Waals surface area contributed by atoms with Crippen molar-refractivity contribution in [2.75, 3.05) is 0 Å². The number of hydrogen-bond acceptors (Lipinski definition) is 2. The van der Waals surface area contributed by atoms with Crippen molar-refractivity contribution in [2.45, 2.75) is 25.4 Å². The summed E-state index contributed by atoms with van der Waals surface area (Å²) in [7, 11) is 0. The summed E-state index contributed by atoms with van der Waals surface area (Å²) in [5.41, 5.74) is -0.199. The zero-order valence-electron chi connectivity index (χ0n) is 8.88. The molecule has 4 heteroatoms. The molecule has 3 rings (SSSR count). The summed E-state index contributed by atoms with van der Waals surface area (Å²) in [5.74, 6) is 0. The number of alkyl halides is 1. The number of nitrogens with one attached hydrogen (secondary N) is 1. The standard InChI is InChI=1S/C12H11FN2O/c1-7-2-3-8-9(6-7)10(12(13)4-5-12)14-15-11(8)16/h2-3,6H,4-5H2,1H3,(H,15,16). The third kappa shape index (κ3) is 1.26. The fourth-order valence-corrected chi connectivity index (χ4v) is 1.97. The van der Waals surface area contributed by atoms with Crippen molar-refractivity contribution >= 4 is 10.8 Å². The highest BCUT2D eigenvalue weighted by Gasteiger charge is 2.47. The third-order valence-corrected chi connectivity index (χ3v) is 3.06. The van der Waals surface area contributed by atoms with Crippen LogP contribution in [0.25, 0.3) is 10.8 Å². The quantitative estimate of drug-likeness (QED) is 0.797. The molecular formula is C12H11FN2O. The molecule has 2 aromatic rings. The summed E-state index contributed by atoms with van der Waals surface area (Å²) in [6.07, 6.45) is 0.990. The average molecular weight is 218 g/mol. The van der Waals surface area contributed by atoms with Gasteiger partial charge in [0.05, 0.1) is 5.39 Å². The van der Waals surface area contributed by atoms with Gasteiger partial charge in [-0.2, -0.15) is 5.10 Å². The van der Waals surface area contributed by atoms with Crippen LogP contribution in [0.5, 0.6) is 0 Å². The van der Waals surface area contributed by atoms with E-state index in [0.717, 1.165) is 5.56 Å². The maximum absolute atomic E-state index is 14.0. The van der Waals surface area contributed by atoms with Crippen molar-refractivity contribution in [3.05, 3.63) is 39.8 Å². The first-order chi connectivity index (χ1) is 7.60. The molecule has 1 N–H and O–H groups in total. The molecule has 0 spiro atoms. The van der Waals surface area contributed by atoms with Gasteiger partial charge in [0.2, 0.25) is 0 Å². The van der Waals surface area contributed by atoms with Gasteiger partial charge in [0.1, 0.15) is 5.69 Å². The van der Waals surface area contributed by atoms with E-state index >= 15 is 0 Å². The van der Waals surface area contributed by atoms with E-state index in [1.54, 1.807) is 6.07 Å². The van der Waals surface area contributed by atoms with E-state index < -0.39 is 5.67 Å². The predicted octanol–water partition coefficient (Wildman–Crippen LogP) is 2.19. The van der Waals surface area contributed by atoms with E-state index in [4.69, 9.17) is 0 Å². The zero-order valence-corrected chi connectivity index (χ0v) is 8.88. The molecule has 1 aliphatic rings. The summed E-state index contributed by atoms with van der Waals surface area (Å²) in [6, 6.07) is 5.39. The van der Waals surface area contributed by atoms with Gasteiger partial charge in [0.15, 0.2) is 5.67 Å². The van der Waals surface area contributed by atoms with Crippen molar-refractivity contribution in [2.24, 2.45) is 0 Å². The van der Waals surface area contributed by atoms with E-state index in [9.17, 15) is 9.18 Å². The number of fused-ring (bicyclic) bond motifs is 1. The number of halogens is 1. The number of benzene rings is 1.